The molecule has 0 spiro atoms. The fraction of sp³-hybridized carbons (Fsp3) is 0.375. The quantitative estimate of drug-likeness (QED) is 0.350. The number of nitrogens with zero attached hydrogens (tertiary/aromatic N) is 1. The summed E-state index contributed by atoms with van der Waals surface area (Å²) in [5.41, 5.74) is 1.02. The topological polar surface area (TPSA) is 24.4 Å². The zero-order valence-electron chi connectivity index (χ0n) is 6.81. The summed E-state index contributed by atoms with van der Waals surface area (Å²) in [7, 11) is 1.75. The van der Waals surface area contributed by atoms with Gasteiger partial charge in [0.05, 0.1) is 5.84 Å². The van der Waals surface area contributed by atoms with Crippen LogP contribution >= 0.6 is 0 Å². The molecule has 0 aliphatic heterocycles. The molecule has 2 heteroatoms. The third-order valence-corrected chi connectivity index (χ3v) is 0.995. The van der Waals surface area contributed by atoms with Crippen molar-refractivity contribution in [2.24, 2.45) is 4.99 Å². The average Bonchev–Trinajstić information content (AvgIpc) is 1.87. The zero-order chi connectivity index (χ0) is 7.98. The maximum atomic E-state index is 3.91. The highest BCUT2D eigenvalue weighted by Gasteiger charge is 1.78. The summed E-state index contributed by atoms with van der Waals surface area (Å²) in [6.45, 7) is 7.56. The minimum atomic E-state index is 0.900. The van der Waals surface area contributed by atoms with Crippen LogP contribution in [0.3, 0.4) is 0 Å². The van der Waals surface area contributed by atoms with Crippen molar-refractivity contribution in [3.8, 4) is 0 Å². The lowest BCUT2D eigenvalue weighted by atomic mass is 10.3. The van der Waals surface area contributed by atoms with Gasteiger partial charge in [-0.2, -0.15) is 0 Å². The van der Waals surface area contributed by atoms with Crippen LogP contribution in [0.4, 0.5) is 0 Å². The Balaban J connectivity index is 3.64. The first-order valence-corrected chi connectivity index (χ1v) is 3.19. The summed E-state index contributed by atoms with van der Waals surface area (Å²) in [5, 5.41) is 2.97. The molecule has 0 saturated carbocycles. The molecule has 0 aromatic heterocycles. The minimum absolute atomic E-state index is 0.900. The van der Waals surface area contributed by atoms with Crippen LogP contribution in [0.15, 0.2) is 29.4 Å². The van der Waals surface area contributed by atoms with E-state index in [1.54, 1.807) is 7.05 Å². The highest BCUT2D eigenvalue weighted by molar-refractivity contribution is 5.80. The lowest BCUT2D eigenvalue weighted by molar-refractivity contribution is 1.21. The largest absolute Gasteiger partial charge is 0.351 e. The van der Waals surface area contributed by atoms with Crippen LogP contribution < -0.4 is 5.32 Å². The molecule has 0 amide bonds. The average molecular weight is 138 g/mol. The van der Waals surface area contributed by atoms with Crippen molar-refractivity contribution in [1.29, 1.82) is 0 Å². The number of amidine groups is 1. The fourth-order valence-corrected chi connectivity index (χ4v) is 0.369. The number of nitrogens with one attached hydrogen (secondary N) is 1. The molecular weight excluding hydrogens is 124 g/mol. The molecular formula is C8H14N2. The molecule has 0 aromatic carbocycles. The molecule has 0 unspecified atom stereocenters. The Morgan fingerprint density at radius 1 is 1.50 bits per heavy atom. The van der Waals surface area contributed by atoms with Crippen LogP contribution in [0.5, 0.6) is 0 Å². The lowest BCUT2D eigenvalue weighted by Gasteiger charge is -1.95. The van der Waals surface area contributed by atoms with E-state index >= 15 is 0 Å². The molecule has 1 N–H and O–H groups in total. The number of allylic oxidation sites excluding steroid dienone is 2. The monoisotopic (exact) mass is 138 g/mol. The van der Waals surface area contributed by atoms with Gasteiger partial charge in [0.1, 0.15) is 0 Å². The molecule has 0 aliphatic carbocycles. The van der Waals surface area contributed by atoms with E-state index in [1.807, 2.05) is 26.1 Å². The van der Waals surface area contributed by atoms with E-state index in [0.29, 0.717) is 0 Å². The molecule has 0 rings (SSSR count). The highest BCUT2D eigenvalue weighted by atomic mass is 14.9. The van der Waals surface area contributed by atoms with Crippen LogP contribution in [0.2, 0.25) is 0 Å². The Hall–Kier alpha value is -1.05. The maximum Gasteiger partial charge on any atom is 0.0967 e. The number of hydrogen-bond donors (Lipinski definition) is 1. The van der Waals surface area contributed by atoms with Crippen LogP contribution in [-0.2, 0) is 0 Å². The van der Waals surface area contributed by atoms with Gasteiger partial charge in [0, 0.05) is 13.2 Å². The number of hydrogen-bond acceptors (Lipinski definition) is 1. The summed E-state index contributed by atoms with van der Waals surface area (Å²) in [5.74, 6) is 0.900. The van der Waals surface area contributed by atoms with Crippen LogP contribution in [0, 0.1) is 0 Å². The van der Waals surface area contributed by atoms with Crippen molar-refractivity contribution in [3.05, 3.63) is 24.4 Å². The second kappa shape index (κ2) is 4.79. The third-order valence-electron chi connectivity index (χ3n) is 0.995. The smallest absolute Gasteiger partial charge is 0.0967 e. The van der Waals surface area contributed by atoms with E-state index in [0.717, 1.165) is 11.4 Å². The third kappa shape index (κ3) is 5.09. The van der Waals surface area contributed by atoms with Crippen molar-refractivity contribution in [2.75, 3.05) is 7.05 Å². The van der Waals surface area contributed by atoms with E-state index in [-0.39, 0.29) is 0 Å². The summed E-state index contributed by atoms with van der Waals surface area (Å²) in [4.78, 5) is 3.91. The standard InChI is InChI=1S/C8H14N2/c1-7(2)5-6-10-8(3)9-4/h5-6H,1H2,2-4H3,(H,9,10)/b6-5-. The molecule has 0 aromatic rings. The summed E-state index contributed by atoms with van der Waals surface area (Å²) < 4.78 is 0. The summed E-state index contributed by atoms with van der Waals surface area (Å²) in [6.07, 6.45) is 3.72. The van der Waals surface area contributed by atoms with Gasteiger partial charge < -0.3 is 5.32 Å². The lowest BCUT2D eigenvalue weighted by Crippen LogP contribution is -2.11. The Kier molecular flexibility index (Phi) is 4.29. The molecule has 0 atom stereocenters. The molecule has 10 heavy (non-hydrogen) atoms. The molecule has 56 valence electrons. The van der Waals surface area contributed by atoms with E-state index in [2.05, 4.69) is 16.9 Å². The molecule has 0 fully saturated rings. The van der Waals surface area contributed by atoms with Crippen LogP contribution in [0.1, 0.15) is 13.8 Å². The van der Waals surface area contributed by atoms with Gasteiger partial charge in [-0.25, -0.2) is 0 Å². The van der Waals surface area contributed by atoms with Gasteiger partial charge in [0.15, 0.2) is 0 Å². The fourth-order valence-electron chi connectivity index (χ4n) is 0.369. The Labute approximate surface area is 62.4 Å². The minimum Gasteiger partial charge on any atom is -0.351 e. The van der Waals surface area contributed by atoms with Gasteiger partial charge in [0.25, 0.3) is 0 Å². The van der Waals surface area contributed by atoms with Crippen molar-refractivity contribution in [2.45, 2.75) is 13.8 Å². The zero-order valence-corrected chi connectivity index (χ0v) is 6.81. The van der Waals surface area contributed by atoms with Crippen molar-refractivity contribution in [1.82, 2.24) is 5.32 Å². The molecule has 0 saturated heterocycles. The number of aliphatic imine (C=N–C) groups is 1. The summed E-state index contributed by atoms with van der Waals surface area (Å²) >= 11 is 0. The Morgan fingerprint density at radius 2 is 2.10 bits per heavy atom. The second-order valence-corrected chi connectivity index (χ2v) is 2.13. The van der Waals surface area contributed by atoms with E-state index < -0.39 is 0 Å². The molecule has 0 bridgehead atoms. The van der Waals surface area contributed by atoms with E-state index in [4.69, 9.17) is 0 Å². The predicted octanol–water partition coefficient (Wildman–Crippen LogP) is 1.71. The van der Waals surface area contributed by atoms with Gasteiger partial charge in [-0.1, -0.05) is 12.2 Å². The van der Waals surface area contributed by atoms with Crippen molar-refractivity contribution >= 4 is 5.84 Å². The molecule has 0 radical (unpaired) electrons. The van der Waals surface area contributed by atoms with Gasteiger partial charge in [-0.3, -0.25) is 4.99 Å². The molecule has 0 heterocycles. The molecule has 2 nitrogen and oxygen atoms in total. The first kappa shape index (κ1) is 8.95. The van der Waals surface area contributed by atoms with Crippen LogP contribution in [0.25, 0.3) is 0 Å². The van der Waals surface area contributed by atoms with Crippen molar-refractivity contribution in [3.63, 3.8) is 0 Å². The van der Waals surface area contributed by atoms with Gasteiger partial charge >= 0.3 is 0 Å². The second-order valence-electron chi connectivity index (χ2n) is 2.13. The van der Waals surface area contributed by atoms with E-state index in [1.165, 1.54) is 0 Å². The van der Waals surface area contributed by atoms with E-state index in [9.17, 15) is 0 Å². The Morgan fingerprint density at radius 3 is 2.50 bits per heavy atom. The van der Waals surface area contributed by atoms with Gasteiger partial charge in [-0.15, -0.1) is 0 Å². The van der Waals surface area contributed by atoms with Crippen LogP contribution in [-0.4, -0.2) is 12.9 Å². The normalized spacial score (nSPS) is 12.1. The predicted molar refractivity (Wildman–Crippen MR) is 46.1 cm³/mol. The molecule has 0 aliphatic rings. The van der Waals surface area contributed by atoms with Crippen molar-refractivity contribution < 1.29 is 0 Å². The first-order valence-electron chi connectivity index (χ1n) is 3.19. The number of rotatable bonds is 2. The van der Waals surface area contributed by atoms with Gasteiger partial charge in [-0.05, 0) is 19.9 Å². The Bertz CT molecular complexity index is 166. The SMILES string of the molecule is C=C(C)/C=C\NC(C)=NC. The first-order chi connectivity index (χ1) is 4.66. The highest BCUT2D eigenvalue weighted by Crippen LogP contribution is 1.85. The summed E-state index contributed by atoms with van der Waals surface area (Å²) in [6, 6.07) is 0. The van der Waals surface area contributed by atoms with Gasteiger partial charge in [0.2, 0.25) is 0 Å². The maximum absolute atomic E-state index is 3.91.